The van der Waals surface area contributed by atoms with Gasteiger partial charge in [-0.3, -0.25) is 4.79 Å². The van der Waals surface area contributed by atoms with Crippen LogP contribution in [0.25, 0.3) is 32.3 Å². The van der Waals surface area contributed by atoms with Crippen molar-refractivity contribution in [2.24, 2.45) is 5.11 Å². The standard InChI is InChI=1S/C24H28N6O3S/c1-24(2,3)29(4)23(31)22-27-20(19-7-6-12-34-19)21-16-14-18(33-11-9-26-28-25)17(32-5)13-15(16)8-10-30(21)22/h6-7,12-14H,8-11H2,1-5H3. The Morgan fingerprint density at radius 2 is 2.15 bits per heavy atom. The molecule has 3 aromatic rings. The number of fused-ring (bicyclic) bond motifs is 3. The number of azide groups is 1. The predicted molar refractivity (Wildman–Crippen MR) is 133 cm³/mol. The molecule has 1 aliphatic heterocycles. The van der Waals surface area contributed by atoms with Gasteiger partial charge in [-0.2, -0.15) is 0 Å². The van der Waals surface area contributed by atoms with Crippen LogP contribution in [0.2, 0.25) is 0 Å². The monoisotopic (exact) mass is 480 g/mol. The molecule has 0 saturated heterocycles. The summed E-state index contributed by atoms with van der Waals surface area (Å²) in [5.41, 5.74) is 11.9. The van der Waals surface area contributed by atoms with Crippen LogP contribution in [0.15, 0.2) is 34.8 Å². The van der Waals surface area contributed by atoms with Crippen LogP contribution in [-0.2, 0) is 13.0 Å². The van der Waals surface area contributed by atoms with E-state index in [0.717, 1.165) is 33.8 Å². The van der Waals surface area contributed by atoms with Crippen molar-refractivity contribution >= 4 is 17.2 Å². The summed E-state index contributed by atoms with van der Waals surface area (Å²) in [6.45, 7) is 7.11. The van der Waals surface area contributed by atoms with Crippen LogP contribution >= 0.6 is 11.3 Å². The second-order valence-corrected chi connectivity index (χ2v) is 9.96. The molecule has 0 radical (unpaired) electrons. The molecule has 0 spiro atoms. The van der Waals surface area contributed by atoms with Gasteiger partial charge in [-0.15, -0.1) is 11.3 Å². The zero-order valence-electron chi connectivity index (χ0n) is 20.0. The first kappa shape index (κ1) is 23.7. The third-order valence-corrected chi connectivity index (χ3v) is 6.86. The Hall–Kier alpha value is -3.49. The Morgan fingerprint density at radius 3 is 2.79 bits per heavy atom. The van der Waals surface area contributed by atoms with Crippen molar-refractivity contribution in [3.05, 3.63) is 51.5 Å². The van der Waals surface area contributed by atoms with Gasteiger partial charge in [0.25, 0.3) is 5.91 Å². The van der Waals surface area contributed by atoms with Crippen LogP contribution in [0.3, 0.4) is 0 Å². The molecule has 2 aromatic heterocycles. The van der Waals surface area contributed by atoms with E-state index < -0.39 is 0 Å². The number of amides is 1. The molecule has 0 aliphatic carbocycles. The number of imidazole rings is 1. The SMILES string of the molecule is COc1cc2c(cc1OCCN=[N+]=[N-])-c1c(-c3cccs3)nc(C(=O)N(C)C(C)(C)C)n1CC2. The molecule has 1 aromatic carbocycles. The highest BCUT2D eigenvalue weighted by Gasteiger charge is 2.33. The van der Waals surface area contributed by atoms with E-state index in [1.807, 2.05) is 62.0 Å². The number of thiophene rings is 1. The van der Waals surface area contributed by atoms with E-state index in [4.69, 9.17) is 20.0 Å². The van der Waals surface area contributed by atoms with Crippen molar-refractivity contribution in [1.82, 2.24) is 14.5 Å². The topological polar surface area (TPSA) is 105 Å². The molecule has 0 atom stereocenters. The summed E-state index contributed by atoms with van der Waals surface area (Å²) >= 11 is 1.59. The van der Waals surface area contributed by atoms with Gasteiger partial charge in [-0.25, -0.2) is 4.98 Å². The molecule has 1 aliphatic rings. The predicted octanol–water partition coefficient (Wildman–Crippen LogP) is 5.40. The van der Waals surface area contributed by atoms with E-state index in [2.05, 4.69) is 10.0 Å². The number of hydrogen-bond acceptors (Lipinski definition) is 6. The Labute approximate surface area is 202 Å². The first-order chi connectivity index (χ1) is 16.3. The molecule has 178 valence electrons. The third-order valence-electron chi connectivity index (χ3n) is 5.99. The summed E-state index contributed by atoms with van der Waals surface area (Å²) in [5.74, 6) is 1.50. The molecule has 34 heavy (non-hydrogen) atoms. The van der Waals surface area contributed by atoms with Crippen LogP contribution in [0, 0.1) is 0 Å². The highest BCUT2D eigenvalue weighted by molar-refractivity contribution is 7.13. The van der Waals surface area contributed by atoms with Gasteiger partial charge in [-0.05, 0) is 61.9 Å². The number of methoxy groups -OCH3 is 1. The fraction of sp³-hybridized carbons (Fsp3) is 0.417. The summed E-state index contributed by atoms with van der Waals surface area (Å²) in [7, 11) is 3.41. The minimum atomic E-state index is -0.334. The lowest BCUT2D eigenvalue weighted by Crippen LogP contribution is -2.43. The van der Waals surface area contributed by atoms with E-state index in [1.54, 1.807) is 23.3 Å². The van der Waals surface area contributed by atoms with Crippen LogP contribution in [0.5, 0.6) is 11.5 Å². The largest absolute Gasteiger partial charge is 0.493 e. The molecule has 0 unspecified atom stereocenters. The smallest absolute Gasteiger partial charge is 0.290 e. The number of hydrogen-bond donors (Lipinski definition) is 0. The van der Waals surface area contributed by atoms with Gasteiger partial charge in [0.2, 0.25) is 0 Å². The molecule has 0 bridgehead atoms. The molecule has 10 heteroatoms. The van der Waals surface area contributed by atoms with Crippen LogP contribution < -0.4 is 9.47 Å². The van der Waals surface area contributed by atoms with Crippen molar-refractivity contribution in [3.63, 3.8) is 0 Å². The second kappa shape index (κ2) is 9.40. The van der Waals surface area contributed by atoms with Crippen molar-refractivity contribution in [1.29, 1.82) is 0 Å². The quantitative estimate of drug-likeness (QED) is 0.195. The minimum absolute atomic E-state index is 0.112. The fourth-order valence-corrected chi connectivity index (χ4v) is 4.64. The average molecular weight is 481 g/mol. The molecule has 1 amide bonds. The molecule has 9 nitrogen and oxygen atoms in total. The van der Waals surface area contributed by atoms with Gasteiger partial charge in [-0.1, -0.05) is 11.2 Å². The van der Waals surface area contributed by atoms with Crippen molar-refractivity contribution < 1.29 is 14.3 Å². The van der Waals surface area contributed by atoms with Gasteiger partial charge in [0.1, 0.15) is 5.69 Å². The summed E-state index contributed by atoms with van der Waals surface area (Å²) < 4.78 is 13.5. The summed E-state index contributed by atoms with van der Waals surface area (Å²) in [6, 6.07) is 7.92. The lowest BCUT2D eigenvalue weighted by atomic mass is 9.96. The highest BCUT2D eigenvalue weighted by Crippen LogP contribution is 2.44. The van der Waals surface area contributed by atoms with Gasteiger partial charge in [0.05, 0.1) is 30.8 Å². The number of carbonyl (C=O) groups is 1. The third kappa shape index (κ3) is 4.34. The number of benzene rings is 1. The first-order valence-corrected chi connectivity index (χ1v) is 11.9. The lowest BCUT2D eigenvalue weighted by Gasteiger charge is -2.32. The maximum absolute atomic E-state index is 13.5. The van der Waals surface area contributed by atoms with Crippen molar-refractivity contribution in [2.75, 3.05) is 27.3 Å². The summed E-state index contributed by atoms with van der Waals surface area (Å²) in [6.07, 6.45) is 0.734. The van der Waals surface area contributed by atoms with E-state index in [-0.39, 0.29) is 24.6 Å². The fourth-order valence-electron chi connectivity index (χ4n) is 3.92. The second-order valence-electron chi connectivity index (χ2n) is 9.01. The normalized spacial score (nSPS) is 12.4. The first-order valence-electron chi connectivity index (χ1n) is 11.0. The molecular weight excluding hydrogens is 452 g/mol. The molecule has 0 fully saturated rings. The van der Waals surface area contributed by atoms with Crippen LogP contribution in [-0.4, -0.2) is 53.2 Å². The maximum Gasteiger partial charge on any atom is 0.290 e. The van der Waals surface area contributed by atoms with Crippen LogP contribution in [0.4, 0.5) is 0 Å². The number of nitrogens with zero attached hydrogens (tertiary/aromatic N) is 6. The summed E-state index contributed by atoms with van der Waals surface area (Å²) in [5, 5.41) is 5.54. The van der Waals surface area contributed by atoms with E-state index >= 15 is 0 Å². The number of carbonyl (C=O) groups excluding carboxylic acids is 1. The number of aryl methyl sites for hydroxylation is 1. The summed E-state index contributed by atoms with van der Waals surface area (Å²) in [4.78, 5) is 23.9. The molecular formula is C24H28N6O3S. The molecule has 0 saturated carbocycles. The number of ether oxygens (including phenoxy) is 2. The van der Waals surface area contributed by atoms with Gasteiger partial charge >= 0.3 is 0 Å². The Bertz CT molecular complexity index is 1250. The van der Waals surface area contributed by atoms with Gasteiger partial charge in [0.15, 0.2) is 17.3 Å². The lowest BCUT2D eigenvalue weighted by molar-refractivity contribution is 0.0638. The van der Waals surface area contributed by atoms with Crippen molar-refractivity contribution in [2.45, 2.75) is 39.3 Å². The highest BCUT2D eigenvalue weighted by atomic mass is 32.1. The molecule has 3 heterocycles. The minimum Gasteiger partial charge on any atom is -0.493 e. The van der Waals surface area contributed by atoms with E-state index in [9.17, 15) is 4.79 Å². The van der Waals surface area contributed by atoms with E-state index in [0.29, 0.717) is 23.9 Å². The molecule has 4 rings (SSSR count). The average Bonchev–Trinajstić information content (AvgIpc) is 3.47. The Morgan fingerprint density at radius 1 is 1.35 bits per heavy atom. The number of aromatic nitrogens is 2. The zero-order chi connectivity index (χ0) is 24.5. The zero-order valence-corrected chi connectivity index (χ0v) is 20.8. The van der Waals surface area contributed by atoms with Gasteiger partial charge in [0, 0.05) is 29.6 Å². The van der Waals surface area contributed by atoms with E-state index in [1.165, 1.54) is 0 Å². The van der Waals surface area contributed by atoms with Crippen LogP contribution in [0.1, 0.15) is 37.0 Å². The molecule has 0 N–H and O–H groups in total. The Kier molecular flexibility index (Phi) is 6.54. The Balaban J connectivity index is 1.87. The van der Waals surface area contributed by atoms with Gasteiger partial charge < -0.3 is 18.9 Å². The maximum atomic E-state index is 13.5. The van der Waals surface area contributed by atoms with Crippen molar-refractivity contribution in [3.8, 4) is 33.3 Å². The number of rotatable bonds is 7.